The average molecular weight is 361 g/mol. The van der Waals surface area contributed by atoms with Gasteiger partial charge in [0.25, 0.3) is 0 Å². The van der Waals surface area contributed by atoms with E-state index in [4.69, 9.17) is 20.4 Å². The summed E-state index contributed by atoms with van der Waals surface area (Å²) in [5.74, 6) is 0.853. The summed E-state index contributed by atoms with van der Waals surface area (Å²) in [4.78, 5) is 14.2. The minimum Gasteiger partial charge on any atom is -0.396 e. The maximum atomic E-state index is 10.0. The number of aliphatic hydroxyl groups is 1. The van der Waals surface area contributed by atoms with E-state index >= 15 is 0 Å². The molecular weight excluding hydrogens is 338 g/mol. The van der Waals surface area contributed by atoms with Gasteiger partial charge in [-0.05, 0) is 31.7 Å². The number of piperidine rings is 1. The summed E-state index contributed by atoms with van der Waals surface area (Å²) in [6, 6.07) is 2.71. The third-order valence-corrected chi connectivity index (χ3v) is 6.67. The Kier molecular flexibility index (Phi) is 3.72. The minimum absolute atomic E-state index is 0.189. The average Bonchev–Trinajstić information content (AvgIpc) is 3.13. The van der Waals surface area contributed by atoms with E-state index in [0.29, 0.717) is 12.1 Å². The first-order chi connectivity index (χ1) is 12.2. The highest BCUT2D eigenvalue weighted by molar-refractivity contribution is 7.22. The van der Waals surface area contributed by atoms with Gasteiger partial charge in [0.1, 0.15) is 0 Å². The van der Waals surface area contributed by atoms with E-state index in [1.54, 1.807) is 11.3 Å². The summed E-state index contributed by atoms with van der Waals surface area (Å²) in [6.45, 7) is 3.24. The number of hydrogen-bond acceptors (Lipinski definition) is 8. The van der Waals surface area contributed by atoms with E-state index in [1.807, 2.05) is 6.07 Å². The van der Waals surface area contributed by atoms with Crippen molar-refractivity contribution in [2.75, 3.05) is 41.8 Å². The van der Waals surface area contributed by atoms with Gasteiger partial charge in [0, 0.05) is 25.2 Å². The first kappa shape index (κ1) is 15.6. The molecule has 2 bridgehead atoms. The molecule has 0 aromatic carbocycles. The summed E-state index contributed by atoms with van der Waals surface area (Å²) in [5.41, 5.74) is 7.87. The zero-order chi connectivity index (χ0) is 17.0. The second kappa shape index (κ2) is 5.96. The number of nitrogens with zero attached hydrogens (tertiary/aromatic N) is 4. The molecule has 0 radical (unpaired) electrons. The van der Waals surface area contributed by atoms with Crippen LogP contribution in [0.3, 0.4) is 0 Å². The van der Waals surface area contributed by atoms with Gasteiger partial charge in [0.15, 0.2) is 16.6 Å². The van der Waals surface area contributed by atoms with Crippen molar-refractivity contribution in [2.24, 2.45) is 0 Å². The molecule has 25 heavy (non-hydrogen) atoms. The molecule has 3 saturated heterocycles. The zero-order valence-electron chi connectivity index (χ0n) is 14.1. The zero-order valence-corrected chi connectivity index (χ0v) is 14.9. The molecule has 3 fully saturated rings. The van der Waals surface area contributed by atoms with Crippen LogP contribution in [0.1, 0.15) is 25.7 Å². The lowest BCUT2D eigenvalue weighted by atomic mass is 10.00. The van der Waals surface area contributed by atoms with E-state index in [2.05, 4.69) is 9.80 Å². The first-order valence-corrected chi connectivity index (χ1v) is 9.87. The van der Waals surface area contributed by atoms with Crippen LogP contribution in [0.15, 0.2) is 6.07 Å². The Hall–Kier alpha value is -1.64. The molecule has 2 aromatic heterocycles. The number of ether oxygens (including phenoxy) is 1. The van der Waals surface area contributed by atoms with Gasteiger partial charge >= 0.3 is 0 Å². The summed E-state index contributed by atoms with van der Waals surface area (Å²) in [7, 11) is 0. The van der Waals surface area contributed by atoms with Crippen molar-refractivity contribution in [2.45, 2.75) is 43.9 Å². The van der Waals surface area contributed by atoms with E-state index in [9.17, 15) is 5.11 Å². The lowest BCUT2D eigenvalue weighted by Gasteiger charge is -2.38. The van der Waals surface area contributed by atoms with Crippen molar-refractivity contribution in [1.29, 1.82) is 0 Å². The highest BCUT2D eigenvalue weighted by Gasteiger charge is 2.41. The van der Waals surface area contributed by atoms with Gasteiger partial charge in [-0.15, -0.1) is 0 Å². The monoisotopic (exact) mass is 361 g/mol. The number of fused-ring (bicyclic) bond motifs is 3. The van der Waals surface area contributed by atoms with Crippen LogP contribution in [0.25, 0.3) is 10.3 Å². The molecule has 0 spiro atoms. The Morgan fingerprint density at radius 1 is 1.16 bits per heavy atom. The Labute approximate surface area is 150 Å². The van der Waals surface area contributed by atoms with Gasteiger partial charge in [-0.25, -0.2) is 4.98 Å². The highest BCUT2D eigenvalue weighted by Crippen LogP contribution is 2.42. The number of nitrogens with two attached hydrogens (primary N) is 1. The topological polar surface area (TPSA) is 87.7 Å². The molecule has 134 valence electrons. The number of aliphatic hydroxyl groups excluding tert-OH is 1. The summed E-state index contributed by atoms with van der Waals surface area (Å²) in [5, 5.41) is 11.0. The molecule has 0 saturated carbocycles. The Bertz CT molecular complexity index is 777. The molecule has 2 aromatic rings. The number of hydrogen-bond donors (Lipinski definition) is 2. The van der Waals surface area contributed by atoms with Crippen LogP contribution in [0.5, 0.6) is 0 Å². The largest absolute Gasteiger partial charge is 0.396 e. The Morgan fingerprint density at radius 3 is 2.60 bits per heavy atom. The summed E-state index contributed by atoms with van der Waals surface area (Å²) < 4.78 is 6.46. The van der Waals surface area contributed by atoms with Gasteiger partial charge in [-0.3, -0.25) is 0 Å². The lowest BCUT2D eigenvalue weighted by Crippen LogP contribution is -2.45. The molecule has 8 heteroatoms. The molecule has 7 nitrogen and oxygen atoms in total. The fourth-order valence-corrected chi connectivity index (χ4v) is 5.46. The van der Waals surface area contributed by atoms with Gasteiger partial charge in [0.05, 0.1) is 29.7 Å². The molecule has 5 heterocycles. The van der Waals surface area contributed by atoms with Crippen molar-refractivity contribution < 1.29 is 9.84 Å². The highest BCUT2D eigenvalue weighted by atomic mass is 32.1. The molecule has 2 unspecified atom stereocenters. The minimum atomic E-state index is -0.189. The van der Waals surface area contributed by atoms with Crippen molar-refractivity contribution in [3.63, 3.8) is 0 Å². The van der Waals surface area contributed by atoms with Gasteiger partial charge in [0.2, 0.25) is 0 Å². The molecule has 2 atom stereocenters. The van der Waals surface area contributed by atoms with Crippen molar-refractivity contribution in [1.82, 2.24) is 9.97 Å². The number of rotatable bonds is 2. The Balaban J connectivity index is 1.50. The van der Waals surface area contributed by atoms with E-state index < -0.39 is 0 Å². The van der Waals surface area contributed by atoms with Crippen LogP contribution in [0.2, 0.25) is 0 Å². The number of aromatic nitrogens is 2. The fraction of sp³-hybridized carbons (Fsp3) is 0.647. The number of morpholine rings is 1. The molecular formula is C17H23N5O2S. The molecule has 3 aliphatic heterocycles. The number of pyridine rings is 1. The van der Waals surface area contributed by atoms with Gasteiger partial charge in [-0.2, -0.15) is 4.98 Å². The van der Waals surface area contributed by atoms with Gasteiger partial charge in [-0.1, -0.05) is 11.3 Å². The fourth-order valence-electron chi connectivity index (χ4n) is 4.45. The summed E-state index contributed by atoms with van der Waals surface area (Å²) >= 11 is 1.65. The number of thiazole rings is 1. The van der Waals surface area contributed by atoms with E-state index in [-0.39, 0.29) is 6.10 Å². The van der Waals surface area contributed by atoms with E-state index in [1.165, 1.54) is 0 Å². The van der Waals surface area contributed by atoms with Crippen LogP contribution in [-0.4, -0.2) is 59.6 Å². The van der Waals surface area contributed by atoms with Crippen LogP contribution < -0.4 is 15.5 Å². The van der Waals surface area contributed by atoms with Crippen molar-refractivity contribution in [3.05, 3.63) is 6.07 Å². The van der Waals surface area contributed by atoms with Crippen molar-refractivity contribution in [3.8, 4) is 0 Å². The molecule has 0 amide bonds. The Morgan fingerprint density at radius 2 is 1.88 bits per heavy atom. The van der Waals surface area contributed by atoms with Crippen LogP contribution in [-0.2, 0) is 4.74 Å². The maximum Gasteiger partial charge on any atom is 0.188 e. The SMILES string of the molecule is Nc1cc2sc(N3CCOCC3)nc2nc1N1C2CCC1CC(O)C2. The molecule has 5 rings (SSSR count). The third kappa shape index (κ3) is 2.63. The second-order valence-electron chi connectivity index (χ2n) is 7.24. The number of anilines is 3. The number of nitrogen functional groups attached to an aromatic ring is 1. The molecule has 0 aliphatic carbocycles. The van der Waals surface area contributed by atoms with Crippen LogP contribution in [0, 0.1) is 0 Å². The van der Waals surface area contributed by atoms with E-state index in [0.717, 1.165) is 79.0 Å². The standard InChI is InChI=1S/C17H23N5O2S/c18-13-9-14-15(20-17(25-14)21-3-5-24-6-4-21)19-16(13)22-10-1-2-11(22)8-12(23)7-10/h9-12,23H,1-8,18H2. The first-order valence-electron chi connectivity index (χ1n) is 9.05. The normalized spacial score (nSPS) is 29.6. The predicted octanol–water partition coefficient (Wildman–Crippen LogP) is 1.60. The quantitative estimate of drug-likeness (QED) is 0.840. The summed E-state index contributed by atoms with van der Waals surface area (Å²) in [6.07, 6.45) is 3.65. The van der Waals surface area contributed by atoms with Crippen LogP contribution >= 0.6 is 11.3 Å². The van der Waals surface area contributed by atoms with Crippen LogP contribution in [0.4, 0.5) is 16.6 Å². The molecule has 3 N–H and O–H groups in total. The second-order valence-corrected chi connectivity index (χ2v) is 8.25. The molecule has 3 aliphatic rings. The third-order valence-electron chi connectivity index (χ3n) is 5.61. The predicted molar refractivity (Wildman–Crippen MR) is 99.4 cm³/mol. The smallest absolute Gasteiger partial charge is 0.188 e. The lowest BCUT2D eigenvalue weighted by molar-refractivity contribution is 0.122. The van der Waals surface area contributed by atoms with Crippen molar-refractivity contribution >= 4 is 38.3 Å². The van der Waals surface area contributed by atoms with Gasteiger partial charge < -0.3 is 25.4 Å². The maximum absolute atomic E-state index is 10.0.